The van der Waals surface area contributed by atoms with Crippen LogP contribution >= 0.6 is 11.6 Å². The third-order valence-electron chi connectivity index (χ3n) is 2.47. The molecule has 2 rings (SSSR count). The van der Waals surface area contributed by atoms with Gasteiger partial charge < -0.3 is 0 Å². The van der Waals surface area contributed by atoms with Gasteiger partial charge in [0.25, 0.3) is 0 Å². The molecule has 0 unspecified atom stereocenters. The first-order valence-electron chi connectivity index (χ1n) is 5.28. The van der Waals surface area contributed by atoms with Crippen molar-refractivity contribution in [3.05, 3.63) is 76.8 Å². The molecule has 17 heavy (non-hydrogen) atoms. The van der Waals surface area contributed by atoms with Crippen LogP contribution < -0.4 is 0 Å². The Morgan fingerprint density at radius 3 is 2.06 bits per heavy atom. The molecule has 2 heteroatoms. The minimum atomic E-state index is 0.687. The van der Waals surface area contributed by atoms with Gasteiger partial charge in [-0.15, -0.1) is 0 Å². The molecule has 0 aliphatic carbocycles. The fourth-order valence-corrected chi connectivity index (χ4v) is 1.80. The van der Waals surface area contributed by atoms with E-state index in [9.17, 15) is 4.79 Å². The van der Waals surface area contributed by atoms with Crippen molar-refractivity contribution in [1.82, 2.24) is 0 Å². The Morgan fingerprint density at radius 2 is 1.47 bits per heavy atom. The second-order valence-corrected chi connectivity index (χ2v) is 4.03. The highest BCUT2D eigenvalue weighted by atomic mass is 35.5. The number of benzene rings is 2. The monoisotopic (exact) mass is 242 g/mol. The molecule has 0 saturated carbocycles. The van der Waals surface area contributed by atoms with Gasteiger partial charge in [0.2, 0.25) is 0 Å². The van der Waals surface area contributed by atoms with Gasteiger partial charge in [-0.3, -0.25) is 4.79 Å². The van der Waals surface area contributed by atoms with E-state index < -0.39 is 0 Å². The van der Waals surface area contributed by atoms with Crippen LogP contribution in [-0.4, -0.2) is 6.29 Å². The summed E-state index contributed by atoms with van der Waals surface area (Å²) in [4.78, 5) is 10.7. The van der Waals surface area contributed by atoms with Crippen LogP contribution in [0, 0.1) is 0 Å². The van der Waals surface area contributed by atoms with E-state index in [-0.39, 0.29) is 0 Å². The highest BCUT2D eigenvalue weighted by Crippen LogP contribution is 2.24. The van der Waals surface area contributed by atoms with Crippen LogP contribution in [0.5, 0.6) is 0 Å². The fourth-order valence-electron chi connectivity index (χ4n) is 1.67. The lowest BCUT2D eigenvalue weighted by Crippen LogP contribution is -1.88. The van der Waals surface area contributed by atoms with Crippen molar-refractivity contribution in [3.8, 4) is 0 Å². The van der Waals surface area contributed by atoms with Crippen LogP contribution in [0.1, 0.15) is 11.1 Å². The molecular formula is C15H11ClO. The number of rotatable bonds is 3. The largest absolute Gasteiger partial charge is 0.299 e. The van der Waals surface area contributed by atoms with Crippen molar-refractivity contribution < 1.29 is 4.79 Å². The topological polar surface area (TPSA) is 17.1 Å². The predicted molar refractivity (Wildman–Crippen MR) is 71.0 cm³/mol. The summed E-state index contributed by atoms with van der Waals surface area (Å²) in [6.45, 7) is 0. The molecule has 0 bridgehead atoms. The molecule has 0 fully saturated rings. The maximum absolute atomic E-state index is 10.7. The van der Waals surface area contributed by atoms with Crippen LogP contribution in [0.3, 0.4) is 0 Å². The minimum absolute atomic E-state index is 0.687. The van der Waals surface area contributed by atoms with Crippen LogP contribution in [0.2, 0.25) is 5.02 Å². The summed E-state index contributed by atoms with van der Waals surface area (Å²) in [6.07, 6.45) is 2.37. The highest BCUT2D eigenvalue weighted by Gasteiger charge is 2.03. The van der Waals surface area contributed by atoms with Gasteiger partial charge in [-0.05, 0) is 34.9 Å². The van der Waals surface area contributed by atoms with Crippen molar-refractivity contribution in [2.75, 3.05) is 0 Å². The molecule has 0 saturated heterocycles. The molecule has 0 aliphatic rings. The number of allylic oxidation sites excluding steroid dienone is 1. The molecular weight excluding hydrogens is 232 g/mol. The SMILES string of the molecule is O=CC=C(c1ccccc1)c1ccc(Cl)cc1. The number of aldehydes is 1. The van der Waals surface area contributed by atoms with Crippen molar-refractivity contribution in [3.63, 3.8) is 0 Å². The van der Waals surface area contributed by atoms with Crippen LogP contribution in [0.15, 0.2) is 60.7 Å². The van der Waals surface area contributed by atoms with Gasteiger partial charge in [0.1, 0.15) is 6.29 Å². The number of hydrogen-bond donors (Lipinski definition) is 0. The lowest BCUT2D eigenvalue weighted by Gasteiger charge is -2.07. The molecule has 0 heterocycles. The van der Waals surface area contributed by atoms with Gasteiger partial charge >= 0.3 is 0 Å². The lowest BCUT2D eigenvalue weighted by atomic mass is 9.98. The first-order valence-corrected chi connectivity index (χ1v) is 5.66. The van der Waals surface area contributed by atoms with Crippen molar-refractivity contribution in [1.29, 1.82) is 0 Å². The lowest BCUT2D eigenvalue weighted by molar-refractivity contribution is -0.104. The smallest absolute Gasteiger partial charge is 0.143 e. The Hall–Kier alpha value is -1.86. The first kappa shape index (κ1) is 11.6. The van der Waals surface area contributed by atoms with Gasteiger partial charge in [-0.1, -0.05) is 54.1 Å². The van der Waals surface area contributed by atoms with Gasteiger partial charge in [-0.2, -0.15) is 0 Å². The summed E-state index contributed by atoms with van der Waals surface area (Å²) in [6, 6.07) is 17.2. The van der Waals surface area contributed by atoms with E-state index in [4.69, 9.17) is 11.6 Å². The van der Waals surface area contributed by atoms with Crippen LogP contribution in [0.25, 0.3) is 5.57 Å². The molecule has 0 N–H and O–H groups in total. The Labute approximate surface area is 105 Å². The maximum atomic E-state index is 10.7. The Morgan fingerprint density at radius 1 is 0.882 bits per heavy atom. The molecule has 2 aromatic carbocycles. The normalized spacial score (nSPS) is 11.2. The average molecular weight is 243 g/mol. The van der Waals surface area contributed by atoms with E-state index in [1.807, 2.05) is 54.6 Å². The molecule has 0 spiro atoms. The van der Waals surface area contributed by atoms with Crippen LogP contribution in [-0.2, 0) is 4.79 Å². The molecule has 0 atom stereocenters. The van der Waals surface area contributed by atoms with Crippen molar-refractivity contribution >= 4 is 23.5 Å². The molecule has 84 valence electrons. The van der Waals surface area contributed by atoms with E-state index in [1.165, 1.54) is 0 Å². The maximum Gasteiger partial charge on any atom is 0.143 e. The molecule has 1 nitrogen and oxygen atoms in total. The first-order chi connectivity index (χ1) is 8.31. The second-order valence-electron chi connectivity index (χ2n) is 3.59. The van der Waals surface area contributed by atoms with E-state index in [2.05, 4.69) is 0 Å². The van der Waals surface area contributed by atoms with Gasteiger partial charge in [0, 0.05) is 5.02 Å². The van der Waals surface area contributed by atoms with Crippen molar-refractivity contribution in [2.24, 2.45) is 0 Å². The summed E-state index contributed by atoms with van der Waals surface area (Å²) >= 11 is 5.85. The van der Waals surface area contributed by atoms with Crippen molar-refractivity contribution in [2.45, 2.75) is 0 Å². The number of carbonyl (C=O) groups is 1. The molecule has 0 aliphatic heterocycles. The number of carbonyl (C=O) groups excluding carboxylic acids is 1. The van der Waals surface area contributed by atoms with E-state index >= 15 is 0 Å². The quantitative estimate of drug-likeness (QED) is 0.588. The Balaban J connectivity index is 2.47. The molecule has 0 radical (unpaired) electrons. The molecule has 0 aromatic heterocycles. The van der Waals surface area contributed by atoms with Crippen LogP contribution in [0.4, 0.5) is 0 Å². The summed E-state index contributed by atoms with van der Waals surface area (Å²) in [5.41, 5.74) is 2.90. The zero-order valence-electron chi connectivity index (χ0n) is 9.14. The Bertz CT molecular complexity index is 527. The summed E-state index contributed by atoms with van der Waals surface area (Å²) in [5, 5.41) is 0.687. The fraction of sp³-hybridized carbons (Fsp3) is 0. The predicted octanol–water partition coefficient (Wildman–Crippen LogP) is 3.97. The summed E-state index contributed by atoms with van der Waals surface area (Å²) in [7, 11) is 0. The van der Waals surface area contributed by atoms with E-state index in [0.717, 1.165) is 23.0 Å². The average Bonchev–Trinajstić information content (AvgIpc) is 2.38. The standard InChI is InChI=1S/C15H11ClO/c16-14-8-6-13(7-9-14)15(10-11-17)12-4-2-1-3-5-12/h1-11H. The second kappa shape index (κ2) is 5.46. The third-order valence-corrected chi connectivity index (χ3v) is 2.73. The Kier molecular flexibility index (Phi) is 3.73. The summed E-state index contributed by atoms with van der Waals surface area (Å²) in [5.74, 6) is 0. The van der Waals surface area contributed by atoms with Gasteiger partial charge in [0.05, 0.1) is 0 Å². The molecule has 2 aromatic rings. The van der Waals surface area contributed by atoms with E-state index in [1.54, 1.807) is 6.08 Å². The highest BCUT2D eigenvalue weighted by molar-refractivity contribution is 6.30. The van der Waals surface area contributed by atoms with Gasteiger partial charge in [-0.25, -0.2) is 0 Å². The van der Waals surface area contributed by atoms with Gasteiger partial charge in [0.15, 0.2) is 0 Å². The van der Waals surface area contributed by atoms with E-state index in [0.29, 0.717) is 5.02 Å². The minimum Gasteiger partial charge on any atom is -0.299 e. The zero-order valence-corrected chi connectivity index (χ0v) is 9.89. The zero-order chi connectivity index (χ0) is 12.1. The third kappa shape index (κ3) is 2.83. The molecule has 0 amide bonds. The summed E-state index contributed by atoms with van der Waals surface area (Å²) < 4.78 is 0. The number of halogens is 1. The number of hydrogen-bond acceptors (Lipinski definition) is 1.